The first-order chi connectivity index (χ1) is 8.29. The third-order valence-corrected chi connectivity index (χ3v) is 2.14. The van der Waals surface area contributed by atoms with E-state index in [0.29, 0.717) is 11.7 Å². The molecule has 17 heavy (non-hydrogen) atoms. The lowest BCUT2D eigenvalue weighted by Gasteiger charge is -1.99. The fourth-order valence-electron chi connectivity index (χ4n) is 1.34. The van der Waals surface area contributed by atoms with Crippen LogP contribution in [-0.2, 0) is 6.42 Å². The molecular weight excluding hydrogens is 220 g/mol. The summed E-state index contributed by atoms with van der Waals surface area (Å²) in [5, 5.41) is 21.6. The Labute approximate surface area is 97.5 Å². The molecule has 2 rings (SSSR count). The Morgan fingerprint density at radius 3 is 2.88 bits per heavy atom. The molecule has 1 N–H and O–H groups in total. The summed E-state index contributed by atoms with van der Waals surface area (Å²) in [5.74, 6) is 0.770. The van der Waals surface area contributed by atoms with Crippen molar-refractivity contribution in [1.29, 1.82) is 5.26 Å². The lowest BCUT2D eigenvalue weighted by atomic mass is 10.2. The fraction of sp³-hybridized carbons (Fsp3) is 0.273. The van der Waals surface area contributed by atoms with Gasteiger partial charge in [-0.25, -0.2) is 0 Å². The first-order valence-corrected chi connectivity index (χ1v) is 5.07. The summed E-state index contributed by atoms with van der Waals surface area (Å²) >= 11 is 0. The fourth-order valence-corrected chi connectivity index (χ4v) is 1.34. The van der Waals surface area contributed by atoms with Gasteiger partial charge in [0.15, 0.2) is 0 Å². The summed E-state index contributed by atoms with van der Waals surface area (Å²) < 4.78 is 4.99. The highest BCUT2D eigenvalue weighted by molar-refractivity contribution is 5.52. The second-order valence-electron chi connectivity index (χ2n) is 3.47. The zero-order chi connectivity index (χ0) is 12.1. The number of nitriles is 1. The van der Waals surface area contributed by atoms with Crippen LogP contribution in [0.4, 0.5) is 0 Å². The number of aromatic nitrogens is 3. The molecule has 86 valence electrons. The average Bonchev–Trinajstić information content (AvgIpc) is 2.79. The van der Waals surface area contributed by atoms with Crippen LogP contribution < -0.4 is 0 Å². The van der Waals surface area contributed by atoms with Crippen molar-refractivity contribution in [3.05, 3.63) is 30.4 Å². The maximum absolute atomic E-state index is 9.42. The number of hydrogen-bond acceptors (Lipinski definition) is 6. The van der Waals surface area contributed by atoms with E-state index in [0.717, 1.165) is 5.56 Å². The topological polar surface area (TPSA) is 95.8 Å². The predicted molar refractivity (Wildman–Crippen MR) is 57.5 cm³/mol. The number of pyridine rings is 1. The molecule has 1 atom stereocenters. The van der Waals surface area contributed by atoms with E-state index in [1.165, 1.54) is 0 Å². The molecule has 6 heteroatoms. The van der Waals surface area contributed by atoms with Crippen molar-refractivity contribution in [2.75, 3.05) is 0 Å². The Bertz CT molecular complexity index is 518. The zero-order valence-electron chi connectivity index (χ0n) is 8.95. The van der Waals surface area contributed by atoms with Crippen LogP contribution >= 0.6 is 0 Å². The van der Waals surface area contributed by atoms with Crippen LogP contribution in [-0.4, -0.2) is 26.3 Å². The van der Waals surface area contributed by atoms with Crippen molar-refractivity contribution in [2.45, 2.75) is 18.9 Å². The summed E-state index contributed by atoms with van der Waals surface area (Å²) in [4.78, 5) is 8.02. The molecular formula is C11H10N4O2. The maximum Gasteiger partial charge on any atom is 0.229 e. The van der Waals surface area contributed by atoms with E-state index in [1.807, 2.05) is 6.07 Å². The number of rotatable bonds is 4. The van der Waals surface area contributed by atoms with Gasteiger partial charge in [0.1, 0.15) is 0 Å². The number of nitrogens with zero attached hydrogens (tertiary/aromatic N) is 4. The largest absolute Gasteiger partial charge is 0.392 e. The number of hydrogen-bond donors (Lipinski definition) is 1. The quantitative estimate of drug-likeness (QED) is 0.839. The molecule has 6 nitrogen and oxygen atoms in total. The van der Waals surface area contributed by atoms with Gasteiger partial charge in [0.25, 0.3) is 0 Å². The van der Waals surface area contributed by atoms with Gasteiger partial charge in [-0.2, -0.15) is 10.2 Å². The van der Waals surface area contributed by atoms with Gasteiger partial charge in [-0.05, 0) is 12.1 Å². The zero-order valence-corrected chi connectivity index (χ0v) is 8.95. The molecule has 0 aliphatic carbocycles. The van der Waals surface area contributed by atoms with Crippen LogP contribution in [0, 0.1) is 11.3 Å². The van der Waals surface area contributed by atoms with Crippen molar-refractivity contribution in [1.82, 2.24) is 15.1 Å². The standard InChI is InChI=1S/C11H10N4O2/c12-4-1-9(16)7-10-14-11(15-17-10)8-2-5-13-6-3-8/h2-3,5-6,9,16H,1,7H2. The van der Waals surface area contributed by atoms with Crippen molar-refractivity contribution >= 4 is 0 Å². The van der Waals surface area contributed by atoms with Gasteiger partial charge >= 0.3 is 0 Å². The molecule has 2 aromatic rings. The van der Waals surface area contributed by atoms with E-state index in [1.54, 1.807) is 24.5 Å². The molecule has 2 aromatic heterocycles. The van der Waals surface area contributed by atoms with Gasteiger partial charge in [-0.3, -0.25) is 4.98 Å². The minimum Gasteiger partial charge on any atom is -0.392 e. The molecule has 0 saturated heterocycles. The Balaban J connectivity index is 2.09. The predicted octanol–water partition coefficient (Wildman–Crippen LogP) is 0.949. The Morgan fingerprint density at radius 2 is 2.18 bits per heavy atom. The molecule has 0 aliphatic heterocycles. The summed E-state index contributed by atoms with van der Waals surface area (Å²) in [6.07, 6.45) is 2.73. The van der Waals surface area contributed by atoms with E-state index in [2.05, 4.69) is 15.1 Å². The van der Waals surface area contributed by atoms with Crippen LogP contribution in [0.3, 0.4) is 0 Å². The van der Waals surface area contributed by atoms with E-state index in [4.69, 9.17) is 9.78 Å². The van der Waals surface area contributed by atoms with Gasteiger partial charge in [-0.15, -0.1) is 0 Å². The monoisotopic (exact) mass is 230 g/mol. The lowest BCUT2D eigenvalue weighted by Crippen LogP contribution is -2.09. The highest BCUT2D eigenvalue weighted by Crippen LogP contribution is 2.14. The van der Waals surface area contributed by atoms with Crippen molar-refractivity contribution in [3.8, 4) is 17.5 Å². The van der Waals surface area contributed by atoms with Gasteiger partial charge in [0.05, 0.1) is 25.0 Å². The first-order valence-electron chi connectivity index (χ1n) is 5.07. The minimum absolute atomic E-state index is 0.0486. The maximum atomic E-state index is 9.42. The van der Waals surface area contributed by atoms with E-state index >= 15 is 0 Å². The van der Waals surface area contributed by atoms with Gasteiger partial charge in [0, 0.05) is 18.0 Å². The van der Waals surface area contributed by atoms with Crippen LogP contribution in [0.1, 0.15) is 12.3 Å². The van der Waals surface area contributed by atoms with Crippen molar-refractivity contribution in [3.63, 3.8) is 0 Å². The van der Waals surface area contributed by atoms with Crippen LogP contribution in [0.2, 0.25) is 0 Å². The molecule has 2 heterocycles. The summed E-state index contributed by atoms with van der Waals surface area (Å²) in [6.45, 7) is 0. The third-order valence-electron chi connectivity index (χ3n) is 2.14. The van der Waals surface area contributed by atoms with Gasteiger partial charge in [-0.1, -0.05) is 5.16 Å². The number of aliphatic hydroxyl groups excluding tert-OH is 1. The molecule has 1 unspecified atom stereocenters. The Kier molecular flexibility index (Phi) is 3.43. The smallest absolute Gasteiger partial charge is 0.229 e. The lowest BCUT2D eigenvalue weighted by molar-refractivity contribution is 0.167. The van der Waals surface area contributed by atoms with Crippen molar-refractivity contribution < 1.29 is 9.63 Å². The van der Waals surface area contributed by atoms with Crippen LogP contribution in [0.5, 0.6) is 0 Å². The summed E-state index contributed by atoms with van der Waals surface area (Å²) in [5.41, 5.74) is 0.796. The second kappa shape index (κ2) is 5.18. The SMILES string of the molecule is N#CCC(O)Cc1nc(-c2ccncc2)no1. The first kappa shape index (κ1) is 11.2. The summed E-state index contributed by atoms with van der Waals surface area (Å²) in [6, 6.07) is 5.41. The molecule has 0 fully saturated rings. The van der Waals surface area contributed by atoms with E-state index in [9.17, 15) is 5.11 Å². The number of aliphatic hydroxyl groups is 1. The van der Waals surface area contributed by atoms with Crippen LogP contribution in [0.25, 0.3) is 11.4 Å². The van der Waals surface area contributed by atoms with E-state index < -0.39 is 6.10 Å². The molecule has 0 saturated carbocycles. The summed E-state index contributed by atoms with van der Waals surface area (Å²) in [7, 11) is 0. The van der Waals surface area contributed by atoms with Gasteiger partial charge in [0.2, 0.25) is 11.7 Å². The van der Waals surface area contributed by atoms with Gasteiger partial charge < -0.3 is 9.63 Å². The highest BCUT2D eigenvalue weighted by Gasteiger charge is 2.12. The average molecular weight is 230 g/mol. The molecule has 0 bridgehead atoms. The molecule has 0 aromatic carbocycles. The highest BCUT2D eigenvalue weighted by atomic mass is 16.5. The molecule has 0 spiro atoms. The van der Waals surface area contributed by atoms with Crippen LogP contribution in [0.15, 0.2) is 29.0 Å². The molecule has 0 amide bonds. The molecule has 0 radical (unpaired) electrons. The van der Waals surface area contributed by atoms with Crippen molar-refractivity contribution in [2.24, 2.45) is 0 Å². The third kappa shape index (κ3) is 2.86. The molecule has 0 aliphatic rings. The Morgan fingerprint density at radius 1 is 1.41 bits per heavy atom. The normalized spacial score (nSPS) is 12.0. The van der Waals surface area contributed by atoms with E-state index in [-0.39, 0.29) is 12.8 Å². The Hall–Kier alpha value is -2.26. The minimum atomic E-state index is -0.772. The second-order valence-corrected chi connectivity index (χ2v) is 3.47.